The minimum atomic E-state index is -0.0933. The minimum Gasteiger partial charge on any atom is -0.459 e. The molecular formula is C15H18N4O. The summed E-state index contributed by atoms with van der Waals surface area (Å²) in [6.07, 6.45) is 2.56. The standard InChI is InChI=1S/C15H18N4O/c1-3-7-16-13(15-17-9-18-19-15)12-8-11-6-4-5-10(2)14(11)20-12/h4-6,8-9,13,16H,3,7H2,1-2H3,(H,17,18,19). The monoisotopic (exact) mass is 270 g/mol. The molecule has 2 heterocycles. The van der Waals surface area contributed by atoms with Crippen LogP contribution in [0.15, 0.2) is 35.0 Å². The fraction of sp³-hybridized carbons (Fsp3) is 0.333. The molecule has 5 heteroatoms. The number of furan rings is 1. The first-order chi connectivity index (χ1) is 9.79. The molecule has 0 spiro atoms. The third-order valence-electron chi connectivity index (χ3n) is 3.35. The predicted molar refractivity (Wildman–Crippen MR) is 77.5 cm³/mol. The molecule has 0 aliphatic heterocycles. The van der Waals surface area contributed by atoms with E-state index < -0.39 is 0 Å². The van der Waals surface area contributed by atoms with Crippen LogP contribution in [-0.2, 0) is 0 Å². The first kappa shape index (κ1) is 12.9. The normalized spacial score (nSPS) is 12.9. The van der Waals surface area contributed by atoms with E-state index in [2.05, 4.69) is 52.5 Å². The number of rotatable bonds is 5. The van der Waals surface area contributed by atoms with E-state index in [0.29, 0.717) is 0 Å². The molecule has 2 N–H and O–H groups in total. The van der Waals surface area contributed by atoms with Crippen LogP contribution in [0.1, 0.15) is 36.5 Å². The average Bonchev–Trinajstić information content (AvgIpc) is 3.09. The van der Waals surface area contributed by atoms with Crippen molar-refractivity contribution in [3.63, 3.8) is 0 Å². The summed E-state index contributed by atoms with van der Waals surface area (Å²) in [5.74, 6) is 1.63. The summed E-state index contributed by atoms with van der Waals surface area (Å²) in [6, 6.07) is 8.13. The van der Waals surface area contributed by atoms with Crippen molar-refractivity contribution >= 4 is 11.0 Å². The Morgan fingerprint density at radius 3 is 3.00 bits per heavy atom. The Morgan fingerprint density at radius 2 is 2.30 bits per heavy atom. The second-order valence-corrected chi connectivity index (χ2v) is 4.90. The number of H-pyrrole nitrogens is 1. The van der Waals surface area contributed by atoms with E-state index in [9.17, 15) is 0 Å². The van der Waals surface area contributed by atoms with Crippen molar-refractivity contribution in [2.24, 2.45) is 0 Å². The van der Waals surface area contributed by atoms with Gasteiger partial charge in [0.15, 0.2) is 0 Å². The highest BCUT2D eigenvalue weighted by Crippen LogP contribution is 2.28. The van der Waals surface area contributed by atoms with E-state index in [1.807, 2.05) is 6.07 Å². The summed E-state index contributed by atoms with van der Waals surface area (Å²) < 4.78 is 6.03. The number of aryl methyl sites for hydroxylation is 1. The molecule has 3 aromatic rings. The van der Waals surface area contributed by atoms with Crippen molar-refractivity contribution in [3.05, 3.63) is 47.7 Å². The molecular weight excluding hydrogens is 252 g/mol. The molecule has 0 radical (unpaired) electrons. The summed E-state index contributed by atoms with van der Waals surface area (Å²) in [6.45, 7) is 5.08. The Kier molecular flexibility index (Phi) is 3.52. The molecule has 3 rings (SSSR count). The van der Waals surface area contributed by atoms with E-state index >= 15 is 0 Å². The summed E-state index contributed by atoms with van der Waals surface area (Å²) in [5, 5.41) is 11.4. The number of fused-ring (bicyclic) bond motifs is 1. The molecule has 0 aliphatic rings. The van der Waals surface area contributed by atoms with Gasteiger partial charge < -0.3 is 9.73 Å². The highest BCUT2D eigenvalue weighted by Gasteiger charge is 2.20. The Bertz CT molecular complexity index is 687. The van der Waals surface area contributed by atoms with Gasteiger partial charge in [0.2, 0.25) is 0 Å². The molecule has 0 saturated heterocycles. The molecule has 0 saturated carbocycles. The van der Waals surface area contributed by atoms with Gasteiger partial charge in [0, 0.05) is 5.39 Å². The number of benzene rings is 1. The van der Waals surface area contributed by atoms with Crippen LogP contribution in [0.5, 0.6) is 0 Å². The maximum absolute atomic E-state index is 6.03. The zero-order chi connectivity index (χ0) is 13.9. The van der Waals surface area contributed by atoms with Gasteiger partial charge >= 0.3 is 0 Å². The first-order valence-corrected chi connectivity index (χ1v) is 6.87. The molecule has 104 valence electrons. The zero-order valence-corrected chi connectivity index (χ0v) is 11.7. The number of hydrogen-bond acceptors (Lipinski definition) is 4. The number of para-hydroxylation sites is 1. The SMILES string of the molecule is CCCNC(c1ncn[nH]1)c1cc2cccc(C)c2o1. The van der Waals surface area contributed by atoms with Gasteiger partial charge in [-0.2, -0.15) is 5.10 Å². The first-order valence-electron chi connectivity index (χ1n) is 6.87. The highest BCUT2D eigenvalue weighted by molar-refractivity contribution is 5.81. The number of hydrogen-bond donors (Lipinski definition) is 2. The fourth-order valence-corrected chi connectivity index (χ4v) is 2.35. The third-order valence-corrected chi connectivity index (χ3v) is 3.35. The van der Waals surface area contributed by atoms with Crippen molar-refractivity contribution in [3.8, 4) is 0 Å². The van der Waals surface area contributed by atoms with Crippen LogP contribution in [0.3, 0.4) is 0 Å². The lowest BCUT2D eigenvalue weighted by molar-refractivity contribution is 0.456. The zero-order valence-electron chi connectivity index (χ0n) is 11.7. The van der Waals surface area contributed by atoms with Gasteiger partial charge in [0.1, 0.15) is 29.5 Å². The Hall–Kier alpha value is -2.14. The Morgan fingerprint density at radius 1 is 1.40 bits per heavy atom. The van der Waals surface area contributed by atoms with E-state index in [1.54, 1.807) is 0 Å². The lowest BCUT2D eigenvalue weighted by atomic mass is 10.1. The smallest absolute Gasteiger partial charge is 0.149 e. The van der Waals surface area contributed by atoms with Crippen LogP contribution in [0.25, 0.3) is 11.0 Å². The molecule has 0 aliphatic carbocycles. The number of aromatic nitrogens is 3. The van der Waals surface area contributed by atoms with Crippen molar-refractivity contribution in [2.75, 3.05) is 6.54 Å². The Balaban J connectivity index is 2.02. The molecule has 1 atom stereocenters. The molecule has 0 fully saturated rings. The molecule has 1 aromatic carbocycles. The van der Waals surface area contributed by atoms with Crippen LogP contribution in [0, 0.1) is 6.92 Å². The van der Waals surface area contributed by atoms with Crippen LogP contribution in [0.4, 0.5) is 0 Å². The van der Waals surface area contributed by atoms with Crippen molar-refractivity contribution in [1.29, 1.82) is 0 Å². The molecule has 1 unspecified atom stereocenters. The van der Waals surface area contributed by atoms with Gasteiger partial charge in [-0.25, -0.2) is 4.98 Å². The largest absolute Gasteiger partial charge is 0.459 e. The van der Waals surface area contributed by atoms with Gasteiger partial charge in [-0.05, 0) is 31.5 Å². The quantitative estimate of drug-likeness (QED) is 0.748. The van der Waals surface area contributed by atoms with Crippen LogP contribution < -0.4 is 5.32 Å². The van der Waals surface area contributed by atoms with Crippen molar-refractivity contribution in [2.45, 2.75) is 26.3 Å². The lowest BCUT2D eigenvalue weighted by Gasteiger charge is -2.12. The molecule has 20 heavy (non-hydrogen) atoms. The van der Waals surface area contributed by atoms with E-state index in [1.165, 1.54) is 6.33 Å². The number of nitrogens with zero attached hydrogens (tertiary/aromatic N) is 2. The van der Waals surface area contributed by atoms with Gasteiger partial charge in [-0.3, -0.25) is 5.10 Å². The molecule has 0 amide bonds. The average molecular weight is 270 g/mol. The fourth-order valence-electron chi connectivity index (χ4n) is 2.35. The van der Waals surface area contributed by atoms with E-state index in [-0.39, 0.29) is 6.04 Å². The van der Waals surface area contributed by atoms with Gasteiger partial charge in [0.25, 0.3) is 0 Å². The summed E-state index contributed by atoms with van der Waals surface area (Å²) >= 11 is 0. The maximum atomic E-state index is 6.03. The second-order valence-electron chi connectivity index (χ2n) is 4.90. The van der Waals surface area contributed by atoms with E-state index in [4.69, 9.17) is 4.42 Å². The van der Waals surface area contributed by atoms with Gasteiger partial charge in [0.05, 0.1) is 0 Å². The van der Waals surface area contributed by atoms with Gasteiger partial charge in [-0.1, -0.05) is 25.1 Å². The predicted octanol–water partition coefficient (Wildman–Crippen LogP) is 2.95. The lowest BCUT2D eigenvalue weighted by Crippen LogP contribution is -2.23. The maximum Gasteiger partial charge on any atom is 0.149 e. The van der Waals surface area contributed by atoms with Crippen LogP contribution >= 0.6 is 0 Å². The molecule has 2 aromatic heterocycles. The van der Waals surface area contributed by atoms with Crippen LogP contribution in [0.2, 0.25) is 0 Å². The number of nitrogens with one attached hydrogen (secondary N) is 2. The Labute approximate surface area is 117 Å². The second kappa shape index (κ2) is 5.46. The van der Waals surface area contributed by atoms with Gasteiger partial charge in [-0.15, -0.1) is 0 Å². The number of aromatic amines is 1. The highest BCUT2D eigenvalue weighted by atomic mass is 16.3. The van der Waals surface area contributed by atoms with Crippen molar-refractivity contribution in [1.82, 2.24) is 20.5 Å². The topological polar surface area (TPSA) is 66.7 Å². The van der Waals surface area contributed by atoms with Crippen molar-refractivity contribution < 1.29 is 4.42 Å². The van der Waals surface area contributed by atoms with E-state index in [0.717, 1.165) is 41.1 Å². The summed E-state index contributed by atoms with van der Waals surface area (Å²) in [7, 11) is 0. The molecule has 5 nitrogen and oxygen atoms in total. The summed E-state index contributed by atoms with van der Waals surface area (Å²) in [5.41, 5.74) is 2.07. The summed E-state index contributed by atoms with van der Waals surface area (Å²) in [4.78, 5) is 4.25. The van der Waals surface area contributed by atoms with Crippen LogP contribution in [-0.4, -0.2) is 21.7 Å². The molecule has 0 bridgehead atoms. The third kappa shape index (κ3) is 2.32. The minimum absolute atomic E-state index is 0.0933.